The van der Waals surface area contributed by atoms with Crippen molar-refractivity contribution in [1.82, 2.24) is 15.5 Å². The Balaban J connectivity index is 2.57. The van der Waals surface area contributed by atoms with Gasteiger partial charge in [0.2, 0.25) is 6.41 Å². The lowest BCUT2D eigenvalue weighted by molar-refractivity contribution is -0.112. The number of likely N-dealkylation sites (tertiary alicyclic amines) is 1. The summed E-state index contributed by atoms with van der Waals surface area (Å²) in [5.74, 6) is 0. The molecule has 3 N–H and O–H groups in total. The van der Waals surface area contributed by atoms with Crippen LogP contribution in [0.1, 0.15) is 79.1 Å². The second-order valence-corrected chi connectivity index (χ2v) is 10.8. The first-order valence-corrected chi connectivity index (χ1v) is 12.6. The Morgan fingerprint density at radius 2 is 2.06 bits per heavy atom. The first-order valence-electron chi connectivity index (χ1n) is 11.7. The van der Waals surface area contributed by atoms with Gasteiger partial charge in [0.05, 0.1) is 5.03 Å². The molecule has 1 amide bonds. The normalized spacial score (nSPS) is 20.5. The van der Waals surface area contributed by atoms with Crippen LogP contribution in [0, 0.1) is 5.41 Å². The summed E-state index contributed by atoms with van der Waals surface area (Å²) in [7, 11) is 0. The van der Waals surface area contributed by atoms with Crippen LogP contribution in [0.25, 0.3) is 0 Å². The maximum Gasteiger partial charge on any atom is 0.209 e. The van der Waals surface area contributed by atoms with Crippen molar-refractivity contribution in [2.75, 3.05) is 19.6 Å². The van der Waals surface area contributed by atoms with E-state index in [0.29, 0.717) is 30.7 Å². The maximum atomic E-state index is 10.6. The van der Waals surface area contributed by atoms with E-state index in [1.165, 1.54) is 32.1 Å². The van der Waals surface area contributed by atoms with Crippen molar-refractivity contribution in [2.45, 2.75) is 96.6 Å². The van der Waals surface area contributed by atoms with E-state index in [1.54, 1.807) is 0 Å². The van der Waals surface area contributed by atoms with Crippen LogP contribution in [0.3, 0.4) is 0 Å². The lowest BCUT2D eigenvalue weighted by Crippen LogP contribution is -2.45. The van der Waals surface area contributed by atoms with Gasteiger partial charge < -0.3 is 20.6 Å². The Kier molecular flexibility index (Phi) is 13.9. The molecule has 3 unspecified atom stereocenters. The van der Waals surface area contributed by atoms with Crippen LogP contribution in [0.5, 0.6) is 0 Å². The Bertz CT molecular complexity index is 578. The van der Waals surface area contributed by atoms with Crippen molar-refractivity contribution in [2.24, 2.45) is 5.41 Å². The second-order valence-electron chi connectivity index (χ2n) is 9.74. The van der Waals surface area contributed by atoms with Gasteiger partial charge in [0, 0.05) is 30.1 Å². The smallest absolute Gasteiger partial charge is 0.209 e. The predicted molar refractivity (Wildman–Crippen MR) is 135 cm³/mol. The first kappa shape index (κ1) is 28.3. The monoisotopic (exact) mass is 473 g/mol. The number of halogens is 1. The number of thiol groups is 1. The van der Waals surface area contributed by atoms with Gasteiger partial charge in [-0.25, -0.2) is 0 Å². The number of unbranched alkanes of at least 4 members (excludes halogenated alkanes) is 2. The number of amides is 1. The molecule has 0 radical (unpaired) electrons. The minimum absolute atomic E-state index is 0.345. The van der Waals surface area contributed by atoms with Crippen molar-refractivity contribution in [3.8, 4) is 0 Å². The number of aliphatic hydroxyl groups excluding tert-OH is 1. The van der Waals surface area contributed by atoms with E-state index in [9.17, 15) is 9.90 Å². The van der Waals surface area contributed by atoms with Crippen molar-refractivity contribution < 1.29 is 9.90 Å². The van der Waals surface area contributed by atoms with E-state index in [-0.39, 0.29) is 5.25 Å². The van der Waals surface area contributed by atoms with Crippen LogP contribution in [-0.2, 0) is 4.79 Å². The molecule has 1 aliphatic heterocycles. The van der Waals surface area contributed by atoms with Crippen LogP contribution in [0.2, 0.25) is 0 Å². The van der Waals surface area contributed by atoms with E-state index in [0.717, 1.165) is 36.8 Å². The standard InChI is InChI=1S/C24H44ClN3O2S/c1-5-10-20(25)21(12-13-22(31)23(30)27-18-29)28-16-9-11-19(17-28)26-15-8-6-7-14-24(2,3)4/h5,10,18-19,22-23,26,30-31H,6-9,11-17H2,1-4H3,(H,27,29). The summed E-state index contributed by atoms with van der Waals surface area (Å²) in [5.41, 5.74) is 1.52. The highest BCUT2D eigenvalue weighted by molar-refractivity contribution is 7.81. The van der Waals surface area contributed by atoms with Crippen LogP contribution in [-0.4, -0.2) is 53.6 Å². The van der Waals surface area contributed by atoms with Gasteiger partial charge in [0.15, 0.2) is 0 Å². The molecule has 1 heterocycles. The third-order valence-corrected chi connectivity index (χ3v) is 6.59. The molecular formula is C24H44ClN3O2S. The Morgan fingerprint density at radius 3 is 2.71 bits per heavy atom. The lowest BCUT2D eigenvalue weighted by atomic mass is 9.89. The summed E-state index contributed by atoms with van der Waals surface area (Å²) in [4.78, 5) is 12.9. The highest BCUT2D eigenvalue weighted by Crippen LogP contribution is 2.27. The third kappa shape index (κ3) is 12.2. The number of carbonyl (C=O) groups is 1. The minimum atomic E-state index is -0.961. The van der Waals surface area contributed by atoms with E-state index in [4.69, 9.17) is 11.6 Å². The molecule has 3 atom stereocenters. The molecule has 1 fully saturated rings. The van der Waals surface area contributed by atoms with Crippen LogP contribution in [0.4, 0.5) is 0 Å². The lowest BCUT2D eigenvalue weighted by Gasteiger charge is -2.37. The number of hydrogen-bond donors (Lipinski definition) is 4. The van der Waals surface area contributed by atoms with Crippen LogP contribution >= 0.6 is 24.2 Å². The maximum absolute atomic E-state index is 10.6. The number of allylic oxidation sites excluding steroid dienone is 4. The highest BCUT2D eigenvalue weighted by Gasteiger charge is 2.24. The van der Waals surface area contributed by atoms with Crippen molar-refractivity contribution >= 4 is 30.6 Å². The fraction of sp³-hybridized carbons (Fsp3) is 0.792. The summed E-state index contributed by atoms with van der Waals surface area (Å²) >= 11 is 11.1. The van der Waals surface area contributed by atoms with E-state index in [2.05, 4.69) is 48.9 Å². The number of carbonyl (C=O) groups excluding carboxylic acids is 1. The van der Waals surface area contributed by atoms with Gasteiger partial charge in [-0.15, -0.1) is 0 Å². The zero-order valence-corrected chi connectivity index (χ0v) is 21.5. The molecule has 5 nitrogen and oxygen atoms in total. The number of nitrogens with zero attached hydrogens (tertiary/aromatic N) is 1. The topological polar surface area (TPSA) is 64.6 Å². The average Bonchev–Trinajstić information content (AvgIpc) is 2.70. The molecule has 0 aromatic carbocycles. The number of nitrogens with one attached hydrogen (secondary N) is 2. The quantitative estimate of drug-likeness (QED) is 0.0960. The molecule has 1 aliphatic rings. The molecule has 180 valence electrons. The highest BCUT2D eigenvalue weighted by atomic mass is 35.5. The molecule has 0 aromatic rings. The van der Waals surface area contributed by atoms with Crippen LogP contribution < -0.4 is 10.6 Å². The molecule has 0 aromatic heterocycles. The summed E-state index contributed by atoms with van der Waals surface area (Å²) < 4.78 is 0. The largest absolute Gasteiger partial charge is 0.373 e. The zero-order chi connectivity index (χ0) is 23.3. The molecular weight excluding hydrogens is 430 g/mol. The number of aliphatic hydroxyl groups is 1. The van der Waals surface area contributed by atoms with Crippen molar-refractivity contribution in [1.29, 1.82) is 0 Å². The number of hydrogen-bond acceptors (Lipinski definition) is 5. The molecule has 0 spiro atoms. The molecule has 0 saturated carbocycles. The molecule has 7 heteroatoms. The second kappa shape index (κ2) is 15.2. The van der Waals surface area contributed by atoms with Gasteiger partial charge >= 0.3 is 0 Å². The van der Waals surface area contributed by atoms with Crippen LogP contribution in [0.15, 0.2) is 22.9 Å². The SMILES string of the molecule is CC=CC(Cl)=C(CCC(S)C(O)NC=O)N1CCCC(NCCCCCC(C)(C)C)C1. The Hall–Kier alpha value is -0.690. The minimum Gasteiger partial charge on any atom is -0.373 e. The Morgan fingerprint density at radius 1 is 1.32 bits per heavy atom. The van der Waals surface area contributed by atoms with Crippen molar-refractivity contribution in [3.63, 3.8) is 0 Å². The summed E-state index contributed by atoms with van der Waals surface area (Å²) in [6.45, 7) is 11.9. The average molecular weight is 474 g/mol. The fourth-order valence-electron chi connectivity index (χ4n) is 3.95. The van der Waals surface area contributed by atoms with Gasteiger partial charge in [-0.05, 0) is 63.5 Å². The molecule has 0 bridgehead atoms. The first-order chi connectivity index (χ1) is 14.7. The number of piperidine rings is 1. The van der Waals surface area contributed by atoms with E-state index >= 15 is 0 Å². The zero-order valence-electron chi connectivity index (χ0n) is 19.9. The molecule has 1 rings (SSSR count). The molecule has 31 heavy (non-hydrogen) atoms. The van der Waals surface area contributed by atoms with Crippen molar-refractivity contribution in [3.05, 3.63) is 22.9 Å². The van der Waals surface area contributed by atoms with Gasteiger partial charge in [0.1, 0.15) is 6.23 Å². The number of rotatable bonds is 14. The van der Waals surface area contributed by atoms with Gasteiger partial charge in [-0.2, -0.15) is 12.6 Å². The predicted octanol–water partition coefficient (Wildman–Crippen LogP) is 4.82. The van der Waals surface area contributed by atoms with E-state index in [1.807, 2.05) is 19.1 Å². The van der Waals surface area contributed by atoms with Gasteiger partial charge in [-0.3, -0.25) is 4.79 Å². The van der Waals surface area contributed by atoms with Gasteiger partial charge in [0.25, 0.3) is 0 Å². The third-order valence-electron chi connectivity index (χ3n) is 5.71. The summed E-state index contributed by atoms with van der Waals surface area (Å²) in [5, 5.41) is 16.4. The Labute approximate surface area is 200 Å². The van der Waals surface area contributed by atoms with E-state index < -0.39 is 6.23 Å². The summed E-state index contributed by atoms with van der Waals surface area (Å²) in [6.07, 6.45) is 12.1. The van der Waals surface area contributed by atoms with Gasteiger partial charge in [-0.1, -0.05) is 51.3 Å². The molecule has 1 saturated heterocycles. The molecule has 0 aliphatic carbocycles. The summed E-state index contributed by atoms with van der Waals surface area (Å²) in [6, 6.07) is 0.468. The fourth-order valence-corrected chi connectivity index (χ4v) is 4.50.